The van der Waals surface area contributed by atoms with E-state index in [1.54, 1.807) is 92.7 Å². The summed E-state index contributed by atoms with van der Waals surface area (Å²) in [6.07, 6.45) is -10.9. The summed E-state index contributed by atoms with van der Waals surface area (Å²) in [5.74, 6) is -7.03. The zero-order valence-electron chi connectivity index (χ0n) is 36.5. The van der Waals surface area contributed by atoms with Crippen LogP contribution in [0, 0.1) is 16.7 Å². The third-order valence-corrected chi connectivity index (χ3v) is 13.5. The quantitative estimate of drug-likeness (QED) is 0.120. The molecule has 3 aliphatic carbocycles. The summed E-state index contributed by atoms with van der Waals surface area (Å²) in [6.45, 7) is 9.67. The van der Waals surface area contributed by atoms with Crippen molar-refractivity contribution < 1.29 is 67.8 Å². The van der Waals surface area contributed by atoms with Crippen molar-refractivity contribution in [3.8, 4) is 0 Å². The standard InChI is InChI=1S/C48H55NO14/c1-26-32(61-44(57)37(53)36(29-18-12-9-13-19-29)49-42(55)30-20-14-10-15-21-30)25-48(58)41(62-43(56)31-22-16-11-17-23-31)39-46(6,33(52)24-34(59-8)47(39,7)63-28(3)51)40(54)38(60-27(2)50)35(26)45(48,4)5/h9-23,32-34,36-39,41,52-53,58H,24-25H2,1-8H3,(H,49,55)/t32-,33-,34+,36?,37+,38+,39-,41-,46+,47-,48+/m0/s1. The number of carbonyl (C=O) groups excluding carboxylic acids is 6. The van der Waals surface area contributed by atoms with Crippen LogP contribution in [-0.2, 0) is 42.9 Å². The summed E-state index contributed by atoms with van der Waals surface area (Å²) in [7, 11) is 1.31. The predicted octanol–water partition coefficient (Wildman–Crippen LogP) is 4.37. The first-order valence-electron chi connectivity index (χ1n) is 20.7. The SMILES string of the molecule is CO[C@@H]1C[C@H](O)[C@@]2(C)C(=O)[C@H](OC(C)=O)C3=C(C)[C@@H](OC(=O)[C@H](O)C(NC(=O)c4ccccc4)c4ccccc4)C[C@@](O)([C@@H](OC(=O)c4ccccc4)[C@@H]2[C@@]1(C)OC(C)=O)C3(C)C. The van der Waals surface area contributed by atoms with E-state index in [1.165, 1.54) is 40.0 Å². The van der Waals surface area contributed by atoms with Gasteiger partial charge >= 0.3 is 23.9 Å². The normalized spacial score (nSPS) is 30.9. The minimum Gasteiger partial charge on any atom is -0.456 e. The van der Waals surface area contributed by atoms with Crippen LogP contribution in [0.5, 0.6) is 0 Å². The molecule has 2 saturated carbocycles. The Hall–Kier alpha value is -5.74. The lowest BCUT2D eigenvalue weighted by atomic mass is 9.45. The molecule has 0 spiro atoms. The average Bonchev–Trinajstić information content (AvgIpc) is 3.24. The van der Waals surface area contributed by atoms with Gasteiger partial charge in [0.05, 0.1) is 35.1 Å². The third-order valence-electron chi connectivity index (χ3n) is 13.5. The van der Waals surface area contributed by atoms with Crippen molar-refractivity contribution in [2.24, 2.45) is 16.7 Å². The van der Waals surface area contributed by atoms with Crippen LogP contribution in [0.2, 0.25) is 0 Å². The maximum absolute atomic E-state index is 15.5. The van der Waals surface area contributed by atoms with Crippen LogP contribution >= 0.6 is 0 Å². The van der Waals surface area contributed by atoms with E-state index in [0.717, 1.165) is 13.8 Å². The summed E-state index contributed by atoms with van der Waals surface area (Å²) in [4.78, 5) is 83.7. The Kier molecular flexibility index (Phi) is 13.2. The van der Waals surface area contributed by atoms with E-state index in [9.17, 15) is 39.3 Å². The number of ketones is 1. The van der Waals surface area contributed by atoms with Crippen LogP contribution in [0.25, 0.3) is 0 Å². The van der Waals surface area contributed by atoms with Gasteiger partial charge in [-0.1, -0.05) is 80.6 Å². The first-order valence-corrected chi connectivity index (χ1v) is 20.7. The maximum atomic E-state index is 15.5. The number of nitrogens with one attached hydrogen (secondary N) is 1. The molecule has 6 rings (SSSR count). The molecule has 0 radical (unpaired) electrons. The van der Waals surface area contributed by atoms with Crippen molar-refractivity contribution in [1.29, 1.82) is 0 Å². The second kappa shape index (κ2) is 17.8. The molecule has 336 valence electrons. The summed E-state index contributed by atoms with van der Waals surface area (Å²) in [6, 6.07) is 22.9. The van der Waals surface area contributed by atoms with Crippen molar-refractivity contribution in [1.82, 2.24) is 5.32 Å². The number of hydrogen-bond donors (Lipinski definition) is 4. The molecule has 3 aliphatic rings. The molecule has 2 bridgehead atoms. The van der Waals surface area contributed by atoms with Gasteiger partial charge in [-0.15, -0.1) is 0 Å². The molecule has 63 heavy (non-hydrogen) atoms. The van der Waals surface area contributed by atoms with Crippen LogP contribution in [-0.4, -0.2) is 106 Å². The Bertz CT molecular complexity index is 2260. The van der Waals surface area contributed by atoms with E-state index < -0.39 is 113 Å². The van der Waals surface area contributed by atoms with Crippen molar-refractivity contribution >= 4 is 35.6 Å². The molecule has 0 heterocycles. The number of fused-ring (bicyclic) bond motifs is 3. The molecule has 4 N–H and O–H groups in total. The van der Waals surface area contributed by atoms with Gasteiger partial charge in [-0.3, -0.25) is 19.2 Å². The number of carbonyl (C=O) groups is 6. The molecular weight excluding hydrogens is 815 g/mol. The van der Waals surface area contributed by atoms with Crippen molar-refractivity contribution in [3.05, 3.63) is 119 Å². The smallest absolute Gasteiger partial charge is 0.338 e. The average molecular weight is 870 g/mol. The number of esters is 4. The lowest BCUT2D eigenvalue weighted by Crippen LogP contribution is -2.77. The molecule has 0 aromatic heterocycles. The Morgan fingerprint density at radius 3 is 1.89 bits per heavy atom. The van der Waals surface area contributed by atoms with Crippen molar-refractivity contribution in [3.63, 3.8) is 0 Å². The van der Waals surface area contributed by atoms with Gasteiger partial charge in [0.15, 0.2) is 18.0 Å². The molecule has 0 aliphatic heterocycles. The Morgan fingerprint density at radius 2 is 1.35 bits per heavy atom. The number of benzene rings is 3. The largest absolute Gasteiger partial charge is 0.456 e. The predicted molar refractivity (Wildman–Crippen MR) is 224 cm³/mol. The van der Waals surface area contributed by atoms with Gasteiger partial charge in [-0.2, -0.15) is 0 Å². The fraction of sp³-hybridized carbons (Fsp3) is 0.458. The summed E-state index contributed by atoms with van der Waals surface area (Å²) in [5, 5.41) is 40.4. The number of hydrogen-bond acceptors (Lipinski definition) is 14. The van der Waals surface area contributed by atoms with Crippen LogP contribution in [0.15, 0.2) is 102 Å². The third kappa shape index (κ3) is 8.30. The van der Waals surface area contributed by atoms with Crippen LogP contribution in [0.4, 0.5) is 0 Å². The number of Topliss-reactive ketones (excluding diaryl/α,β-unsaturated/α-hetero) is 1. The Labute approximate surface area is 365 Å². The molecule has 3 aromatic rings. The van der Waals surface area contributed by atoms with Crippen LogP contribution < -0.4 is 5.32 Å². The molecular formula is C48H55NO14. The molecule has 1 unspecified atom stereocenters. The van der Waals surface area contributed by atoms with E-state index in [-0.39, 0.29) is 28.7 Å². The first kappa shape index (κ1) is 46.8. The second-order valence-corrected chi connectivity index (χ2v) is 17.5. The lowest BCUT2D eigenvalue weighted by Gasteiger charge is -2.64. The van der Waals surface area contributed by atoms with E-state index in [0.29, 0.717) is 5.56 Å². The zero-order chi connectivity index (χ0) is 46.2. The van der Waals surface area contributed by atoms with E-state index in [1.807, 2.05) is 0 Å². The molecule has 3 aromatic carbocycles. The number of aliphatic hydroxyl groups is 3. The highest BCUT2D eigenvalue weighted by molar-refractivity contribution is 5.96. The number of aliphatic hydroxyl groups excluding tert-OH is 2. The molecule has 0 saturated heterocycles. The van der Waals surface area contributed by atoms with Gasteiger partial charge in [-0.25, -0.2) is 9.59 Å². The van der Waals surface area contributed by atoms with Crippen molar-refractivity contribution in [2.75, 3.05) is 7.11 Å². The maximum Gasteiger partial charge on any atom is 0.338 e. The second-order valence-electron chi connectivity index (χ2n) is 17.5. The fourth-order valence-electron chi connectivity index (χ4n) is 10.2. The minimum atomic E-state index is -2.43. The number of amides is 1. The highest BCUT2D eigenvalue weighted by atomic mass is 16.6. The number of methoxy groups -OCH3 is 1. The van der Waals surface area contributed by atoms with Gasteiger partial charge < -0.3 is 44.3 Å². The van der Waals surface area contributed by atoms with Gasteiger partial charge in [-0.05, 0) is 61.7 Å². The van der Waals surface area contributed by atoms with E-state index >= 15 is 4.79 Å². The monoisotopic (exact) mass is 869 g/mol. The number of ether oxygens (including phenoxy) is 5. The highest BCUT2D eigenvalue weighted by Crippen LogP contribution is 2.63. The summed E-state index contributed by atoms with van der Waals surface area (Å²) in [5.41, 5.74) is -7.35. The van der Waals surface area contributed by atoms with Crippen LogP contribution in [0.3, 0.4) is 0 Å². The highest BCUT2D eigenvalue weighted by Gasteiger charge is 2.75. The Morgan fingerprint density at radius 1 is 0.794 bits per heavy atom. The summed E-state index contributed by atoms with van der Waals surface area (Å²) >= 11 is 0. The lowest BCUT2D eigenvalue weighted by molar-refractivity contribution is -0.282. The van der Waals surface area contributed by atoms with Gasteiger partial charge in [0.25, 0.3) is 5.91 Å². The number of rotatable bonds is 11. The van der Waals surface area contributed by atoms with Gasteiger partial charge in [0, 0.05) is 44.8 Å². The molecule has 15 nitrogen and oxygen atoms in total. The van der Waals surface area contributed by atoms with Crippen molar-refractivity contribution in [2.45, 2.75) is 115 Å². The summed E-state index contributed by atoms with van der Waals surface area (Å²) < 4.78 is 30.3. The van der Waals surface area contributed by atoms with Gasteiger partial charge in [0.1, 0.15) is 23.4 Å². The fourth-order valence-corrected chi connectivity index (χ4v) is 10.2. The molecule has 15 heteroatoms. The minimum absolute atomic E-state index is 0.0172. The first-order chi connectivity index (χ1) is 29.6. The topological polar surface area (TPSA) is 221 Å². The Balaban J connectivity index is 1.55. The van der Waals surface area contributed by atoms with E-state index in [2.05, 4.69) is 5.32 Å². The molecule has 2 fully saturated rings. The van der Waals surface area contributed by atoms with Gasteiger partial charge in [0.2, 0.25) is 0 Å². The zero-order valence-corrected chi connectivity index (χ0v) is 36.5. The van der Waals surface area contributed by atoms with Crippen LogP contribution in [0.1, 0.15) is 93.6 Å². The molecule has 11 atom stereocenters. The van der Waals surface area contributed by atoms with E-state index in [4.69, 9.17) is 23.7 Å². The molecule has 1 amide bonds.